The lowest BCUT2D eigenvalue weighted by molar-refractivity contribution is -0.0335. The Morgan fingerprint density at radius 1 is 1.00 bits per heavy atom. The van der Waals surface area contributed by atoms with Crippen molar-refractivity contribution in [2.75, 3.05) is 6.61 Å². The van der Waals surface area contributed by atoms with Crippen LogP contribution in [-0.2, 0) is 0 Å². The fraction of sp³-hybridized carbons (Fsp3) is 0.412. The van der Waals surface area contributed by atoms with E-state index in [1.165, 1.54) is 6.42 Å². The van der Waals surface area contributed by atoms with Gasteiger partial charge in [0.15, 0.2) is 0 Å². The second-order valence-electron chi connectivity index (χ2n) is 5.66. The van der Waals surface area contributed by atoms with Gasteiger partial charge in [0.05, 0.1) is 5.60 Å². The van der Waals surface area contributed by atoms with Gasteiger partial charge in [0.25, 0.3) is 0 Å². The topological polar surface area (TPSA) is 29.5 Å². The predicted molar refractivity (Wildman–Crippen MR) is 82.5 cm³/mol. The number of halogens is 1. The van der Waals surface area contributed by atoms with Crippen molar-refractivity contribution in [2.45, 2.75) is 37.7 Å². The molecule has 0 bridgehead atoms. The second-order valence-corrected chi connectivity index (χ2v) is 6.07. The smallest absolute Gasteiger partial charge is 0.127 e. The molecule has 106 valence electrons. The largest absolute Gasteiger partial charge is 0.490 e. The number of rotatable bonds is 3. The minimum atomic E-state index is -0.668. The Morgan fingerprint density at radius 2 is 1.70 bits per heavy atom. The van der Waals surface area contributed by atoms with Crippen LogP contribution in [0.25, 0.3) is 10.8 Å². The lowest BCUT2D eigenvalue weighted by Gasteiger charge is -2.31. The van der Waals surface area contributed by atoms with Gasteiger partial charge in [0.2, 0.25) is 0 Å². The molecule has 3 rings (SSSR count). The van der Waals surface area contributed by atoms with Crippen LogP contribution < -0.4 is 4.74 Å². The Bertz CT molecular complexity index is 603. The first-order valence-electron chi connectivity index (χ1n) is 7.20. The summed E-state index contributed by atoms with van der Waals surface area (Å²) in [5.74, 6) is 0.795. The van der Waals surface area contributed by atoms with Crippen LogP contribution in [0, 0.1) is 0 Å². The minimum Gasteiger partial charge on any atom is -0.490 e. The molecule has 1 fully saturated rings. The van der Waals surface area contributed by atoms with Crippen molar-refractivity contribution in [3.8, 4) is 5.75 Å². The zero-order chi connectivity index (χ0) is 14.0. The van der Waals surface area contributed by atoms with E-state index >= 15 is 0 Å². The minimum absolute atomic E-state index is 0.360. The van der Waals surface area contributed by atoms with Crippen LogP contribution in [0.3, 0.4) is 0 Å². The Balaban J connectivity index is 1.82. The Kier molecular flexibility index (Phi) is 3.86. The Labute approximate surface area is 124 Å². The van der Waals surface area contributed by atoms with Crippen LogP contribution in [-0.4, -0.2) is 17.3 Å². The molecule has 3 heteroatoms. The van der Waals surface area contributed by atoms with Crippen molar-refractivity contribution in [2.24, 2.45) is 0 Å². The fourth-order valence-corrected chi connectivity index (χ4v) is 3.15. The average Bonchev–Trinajstić information content (AvgIpc) is 2.48. The summed E-state index contributed by atoms with van der Waals surface area (Å²) < 4.78 is 5.91. The molecule has 0 spiro atoms. The number of aliphatic hydroxyl groups is 1. The molecule has 2 nitrogen and oxygen atoms in total. The van der Waals surface area contributed by atoms with Crippen LogP contribution in [0.2, 0.25) is 5.02 Å². The van der Waals surface area contributed by atoms with E-state index in [-0.39, 0.29) is 0 Å². The van der Waals surface area contributed by atoms with Crippen LogP contribution in [0.5, 0.6) is 5.75 Å². The molecule has 1 N–H and O–H groups in total. The molecule has 2 aromatic rings. The molecule has 20 heavy (non-hydrogen) atoms. The molecular formula is C17H19ClO2. The van der Waals surface area contributed by atoms with Gasteiger partial charge in [-0.2, -0.15) is 0 Å². The molecular weight excluding hydrogens is 272 g/mol. The number of ether oxygens (including phenoxy) is 1. The van der Waals surface area contributed by atoms with Gasteiger partial charge in [-0.3, -0.25) is 0 Å². The summed E-state index contributed by atoms with van der Waals surface area (Å²) in [6.07, 6.45) is 5.05. The maximum absolute atomic E-state index is 10.5. The van der Waals surface area contributed by atoms with Gasteiger partial charge >= 0.3 is 0 Å². The zero-order valence-electron chi connectivity index (χ0n) is 11.4. The predicted octanol–water partition coefficient (Wildman–Crippen LogP) is 4.57. The molecule has 1 saturated carbocycles. The molecule has 0 aromatic heterocycles. The van der Waals surface area contributed by atoms with Crippen LogP contribution >= 0.6 is 11.6 Å². The second kappa shape index (κ2) is 5.63. The summed E-state index contributed by atoms with van der Waals surface area (Å²) in [6.45, 7) is 0.360. The molecule has 0 radical (unpaired) electrons. The van der Waals surface area contributed by atoms with Crippen molar-refractivity contribution >= 4 is 22.4 Å². The van der Waals surface area contributed by atoms with Gasteiger partial charge in [-0.25, -0.2) is 0 Å². The van der Waals surface area contributed by atoms with Crippen LogP contribution in [0.15, 0.2) is 36.4 Å². The van der Waals surface area contributed by atoms with Gasteiger partial charge < -0.3 is 9.84 Å². The first-order valence-corrected chi connectivity index (χ1v) is 7.58. The monoisotopic (exact) mass is 290 g/mol. The first kappa shape index (κ1) is 13.7. The SMILES string of the molecule is OC1(COc2ccc(Cl)c3ccccc23)CCCCC1. The molecule has 1 aliphatic rings. The third-order valence-electron chi connectivity index (χ3n) is 4.11. The highest BCUT2D eigenvalue weighted by Gasteiger charge is 2.30. The molecule has 0 heterocycles. The highest BCUT2D eigenvalue weighted by molar-refractivity contribution is 6.35. The lowest BCUT2D eigenvalue weighted by atomic mass is 9.85. The third kappa shape index (κ3) is 2.77. The van der Waals surface area contributed by atoms with Crippen LogP contribution in [0.4, 0.5) is 0 Å². The summed E-state index contributed by atoms with van der Waals surface area (Å²) in [7, 11) is 0. The lowest BCUT2D eigenvalue weighted by Crippen LogP contribution is -2.37. The summed E-state index contributed by atoms with van der Waals surface area (Å²) in [6, 6.07) is 11.7. The number of benzene rings is 2. The fourth-order valence-electron chi connectivity index (χ4n) is 2.93. The number of fused-ring (bicyclic) bond motifs is 1. The van der Waals surface area contributed by atoms with E-state index in [0.29, 0.717) is 6.61 Å². The summed E-state index contributed by atoms with van der Waals surface area (Å²) >= 11 is 6.20. The van der Waals surface area contributed by atoms with Crippen molar-refractivity contribution in [3.63, 3.8) is 0 Å². The zero-order valence-corrected chi connectivity index (χ0v) is 12.2. The van der Waals surface area contributed by atoms with Crippen molar-refractivity contribution in [3.05, 3.63) is 41.4 Å². The van der Waals surface area contributed by atoms with Gasteiger partial charge in [-0.15, -0.1) is 0 Å². The first-order chi connectivity index (χ1) is 9.68. The van der Waals surface area contributed by atoms with E-state index in [2.05, 4.69) is 0 Å². The Hall–Kier alpha value is -1.25. The van der Waals surface area contributed by atoms with Crippen LogP contribution in [0.1, 0.15) is 32.1 Å². The normalized spacial score (nSPS) is 18.1. The van der Waals surface area contributed by atoms with Gasteiger partial charge in [0.1, 0.15) is 12.4 Å². The molecule has 0 aliphatic heterocycles. The number of hydrogen-bond donors (Lipinski definition) is 1. The molecule has 0 saturated heterocycles. The third-order valence-corrected chi connectivity index (χ3v) is 4.44. The van der Waals surface area contributed by atoms with Gasteiger partial charge in [0, 0.05) is 15.8 Å². The van der Waals surface area contributed by atoms with Gasteiger partial charge in [-0.05, 0) is 25.0 Å². The van der Waals surface area contributed by atoms with E-state index in [1.807, 2.05) is 36.4 Å². The van der Waals surface area contributed by atoms with Crippen molar-refractivity contribution < 1.29 is 9.84 Å². The van der Waals surface area contributed by atoms with Crippen molar-refractivity contribution in [1.29, 1.82) is 0 Å². The van der Waals surface area contributed by atoms with Gasteiger partial charge in [-0.1, -0.05) is 55.1 Å². The number of hydrogen-bond acceptors (Lipinski definition) is 2. The van der Waals surface area contributed by atoms with E-state index < -0.39 is 5.60 Å². The maximum atomic E-state index is 10.5. The summed E-state index contributed by atoms with van der Waals surface area (Å²) in [5, 5.41) is 13.2. The quantitative estimate of drug-likeness (QED) is 0.897. The van der Waals surface area contributed by atoms with Crippen molar-refractivity contribution in [1.82, 2.24) is 0 Å². The van der Waals surface area contributed by atoms with E-state index in [0.717, 1.165) is 47.2 Å². The standard InChI is InChI=1S/C17H19ClO2/c18-15-8-9-16(14-7-3-2-6-13(14)15)20-12-17(19)10-4-1-5-11-17/h2-3,6-9,19H,1,4-5,10-12H2. The Morgan fingerprint density at radius 3 is 2.45 bits per heavy atom. The molecule has 1 aliphatic carbocycles. The molecule has 0 unspecified atom stereocenters. The van der Waals surface area contributed by atoms with E-state index in [4.69, 9.17) is 16.3 Å². The summed E-state index contributed by atoms with van der Waals surface area (Å²) in [5.41, 5.74) is -0.668. The summed E-state index contributed by atoms with van der Waals surface area (Å²) in [4.78, 5) is 0. The van der Waals surface area contributed by atoms with E-state index in [9.17, 15) is 5.11 Å². The molecule has 2 aromatic carbocycles. The highest BCUT2D eigenvalue weighted by Crippen LogP contribution is 2.33. The highest BCUT2D eigenvalue weighted by atomic mass is 35.5. The molecule has 0 atom stereocenters. The molecule has 0 amide bonds. The maximum Gasteiger partial charge on any atom is 0.127 e. The average molecular weight is 291 g/mol. The van der Waals surface area contributed by atoms with E-state index in [1.54, 1.807) is 0 Å².